The van der Waals surface area contributed by atoms with E-state index >= 15 is 0 Å². The lowest BCUT2D eigenvalue weighted by atomic mass is 9.96. The van der Waals surface area contributed by atoms with Crippen LogP contribution in [0, 0.1) is 0 Å². The van der Waals surface area contributed by atoms with Gasteiger partial charge in [0.2, 0.25) is 12.2 Å². The van der Waals surface area contributed by atoms with Crippen LogP contribution in [0.1, 0.15) is 33.3 Å². The van der Waals surface area contributed by atoms with Crippen molar-refractivity contribution < 1.29 is 52.4 Å². The van der Waals surface area contributed by atoms with E-state index in [-0.39, 0.29) is 13.2 Å². The third-order valence-electron chi connectivity index (χ3n) is 4.66. The molecule has 1 heterocycles. The number of amides is 1. The highest BCUT2D eigenvalue weighted by Crippen LogP contribution is 2.28. The summed E-state index contributed by atoms with van der Waals surface area (Å²) in [5.74, 6) is -3.54. The van der Waals surface area contributed by atoms with Gasteiger partial charge in [-0.05, 0) is 5.56 Å². The number of benzene rings is 1. The first-order chi connectivity index (χ1) is 16.6. The number of carbonyl (C=O) groups excluding carboxylic acids is 5. The normalized spacial score (nSPS) is 23.5. The molecule has 12 heteroatoms. The molecular weight excluding hydrogens is 466 g/mol. The zero-order valence-corrected chi connectivity index (χ0v) is 19.9. The van der Waals surface area contributed by atoms with Crippen LogP contribution in [-0.2, 0) is 59.0 Å². The van der Waals surface area contributed by atoms with E-state index in [1.165, 1.54) is 0 Å². The van der Waals surface area contributed by atoms with Crippen LogP contribution in [0.15, 0.2) is 30.3 Å². The molecule has 1 amide bonds. The molecule has 1 aliphatic rings. The van der Waals surface area contributed by atoms with Gasteiger partial charge in [0.1, 0.15) is 25.4 Å². The summed E-state index contributed by atoms with van der Waals surface area (Å²) in [4.78, 5) is 59.3. The lowest BCUT2D eigenvalue weighted by Crippen LogP contribution is -2.67. The first-order valence-corrected chi connectivity index (χ1v) is 10.8. The zero-order valence-electron chi connectivity index (χ0n) is 19.9. The van der Waals surface area contributed by atoms with Crippen molar-refractivity contribution in [1.82, 2.24) is 5.32 Å². The van der Waals surface area contributed by atoms with Gasteiger partial charge < -0.3 is 33.7 Å². The zero-order chi connectivity index (χ0) is 26.0. The third kappa shape index (κ3) is 9.33. The number of rotatable bonds is 10. The molecule has 1 saturated heterocycles. The molecule has 0 aliphatic carbocycles. The molecule has 1 N–H and O–H groups in total. The largest absolute Gasteiger partial charge is 0.463 e. The minimum Gasteiger partial charge on any atom is -0.463 e. The number of esters is 4. The van der Waals surface area contributed by atoms with Crippen LogP contribution in [0.2, 0.25) is 0 Å². The van der Waals surface area contributed by atoms with Gasteiger partial charge in [0.05, 0.1) is 6.61 Å². The maximum absolute atomic E-state index is 12.6. The smallest absolute Gasteiger partial charge is 0.305 e. The van der Waals surface area contributed by atoms with E-state index in [4.69, 9.17) is 28.4 Å². The molecule has 1 unspecified atom stereocenters. The predicted molar refractivity (Wildman–Crippen MR) is 116 cm³/mol. The van der Waals surface area contributed by atoms with Gasteiger partial charge >= 0.3 is 23.9 Å². The molecule has 1 aromatic carbocycles. The fourth-order valence-corrected chi connectivity index (χ4v) is 3.38. The number of ether oxygens (including phenoxy) is 6. The SMILES string of the molecule is CC(=O)OC[C@H]1OC(OC(C)=O)[C@@H](NC(=O)COCc2ccccc2)[C@@H](OC(C)=O)[C@@H]1OC(C)=O. The number of hydrogen-bond donors (Lipinski definition) is 1. The van der Waals surface area contributed by atoms with E-state index in [1.807, 2.05) is 30.3 Å². The fourth-order valence-electron chi connectivity index (χ4n) is 3.38. The summed E-state index contributed by atoms with van der Waals surface area (Å²) in [6, 6.07) is 7.88. The van der Waals surface area contributed by atoms with E-state index in [0.717, 1.165) is 33.3 Å². The molecular formula is C23H29NO11. The first kappa shape index (κ1) is 27.7. The van der Waals surface area contributed by atoms with Crippen LogP contribution in [-0.4, -0.2) is 73.6 Å². The fraction of sp³-hybridized carbons (Fsp3) is 0.522. The molecule has 1 fully saturated rings. The van der Waals surface area contributed by atoms with Crippen LogP contribution < -0.4 is 5.32 Å². The van der Waals surface area contributed by atoms with Gasteiger partial charge in [0.25, 0.3) is 0 Å². The molecule has 192 valence electrons. The Bertz CT molecular complexity index is 904. The van der Waals surface area contributed by atoms with Crippen LogP contribution in [0.3, 0.4) is 0 Å². The van der Waals surface area contributed by atoms with Gasteiger partial charge in [-0.3, -0.25) is 24.0 Å². The molecule has 35 heavy (non-hydrogen) atoms. The van der Waals surface area contributed by atoms with Crippen LogP contribution in [0.5, 0.6) is 0 Å². The maximum atomic E-state index is 12.6. The van der Waals surface area contributed by atoms with Gasteiger partial charge in [-0.15, -0.1) is 0 Å². The molecule has 0 spiro atoms. The van der Waals surface area contributed by atoms with Crippen molar-refractivity contribution in [3.8, 4) is 0 Å². The summed E-state index contributed by atoms with van der Waals surface area (Å²) < 4.78 is 32.0. The molecule has 1 aliphatic heterocycles. The Morgan fingerprint density at radius 3 is 2.00 bits per heavy atom. The summed E-state index contributed by atoms with van der Waals surface area (Å²) in [5, 5.41) is 2.56. The van der Waals surface area contributed by atoms with Crippen molar-refractivity contribution in [2.75, 3.05) is 13.2 Å². The lowest BCUT2D eigenvalue weighted by Gasteiger charge is -2.44. The molecule has 1 aromatic rings. The monoisotopic (exact) mass is 495 g/mol. The second-order valence-electron chi connectivity index (χ2n) is 7.67. The van der Waals surface area contributed by atoms with Gasteiger partial charge in [-0.2, -0.15) is 0 Å². The summed E-state index contributed by atoms with van der Waals surface area (Å²) >= 11 is 0. The Labute approximate surface area is 202 Å². The topological polar surface area (TPSA) is 153 Å². The molecule has 2 rings (SSSR count). The van der Waals surface area contributed by atoms with Gasteiger partial charge in [-0.1, -0.05) is 30.3 Å². The van der Waals surface area contributed by atoms with Gasteiger partial charge in [0, 0.05) is 27.7 Å². The van der Waals surface area contributed by atoms with Crippen LogP contribution >= 0.6 is 0 Å². The quantitative estimate of drug-likeness (QED) is 0.354. The van der Waals surface area contributed by atoms with Crippen LogP contribution in [0.25, 0.3) is 0 Å². The third-order valence-corrected chi connectivity index (χ3v) is 4.66. The van der Waals surface area contributed by atoms with Crippen LogP contribution in [0.4, 0.5) is 0 Å². The summed E-state index contributed by atoms with van der Waals surface area (Å²) in [6.07, 6.45) is -5.26. The maximum Gasteiger partial charge on any atom is 0.305 e. The highest BCUT2D eigenvalue weighted by molar-refractivity contribution is 5.78. The van der Waals surface area contributed by atoms with Gasteiger partial charge in [0.15, 0.2) is 12.2 Å². The Morgan fingerprint density at radius 1 is 0.829 bits per heavy atom. The summed E-state index contributed by atoms with van der Waals surface area (Å²) in [5.41, 5.74) is 0.847. The molecule has 0 saturated carbocycles. The highest BCUT2D eigenvalue weighted by Gasteiger charge is 2.52. The number of hydrogen-bond acceptors (Lipinski definition) is 11. The minimum absolute atomic E-state index is 0.163. The molecule has 5 atom stereocenters. The summed E-state index contributed by atoms with van der Waals surface area (Å²) in [7, 11) is 0. The highest BCUT2D eigenvalue weighted by atomic mass is 16.7. The van der Waals surface area contributed by atoms with Crippen molar-refractivity contribution in [3.05, 3.63) is 35.9 Å². The van der Waals surface area contributed by atoms with Crippen molar-refractivity contribution in [3.63, 3.8) is 0 Å². The van der Waals surface area contributed by atoms with Crippen molar-refractivity contribution >= 4 is 29.8 Å². The van der Waals surface area contributed by atoms with Crippen molar-refractivity contribution in [2.45, 2.75) is 64.9 Å². The Hall–Kier alpha value is -3.51. The second kappa shape index (κ2) is 13.4. The first-order valence-electron chi connectivity index (χ1n) is 10.8. The van der Waals surface area contributed by atoms with Gasteiger partial charge in [-0.25, -0.2) is 0 Å². The van der Waals surface area contributed by atoms with E-state index < -0.39 is 67.0 Å². The average molecular weight is 495 g/mol. The number of carbonyl (C=O) groups is 5. The summed E-state index contributed by atoms with van der Waals surface area (Å²) in [6.45, 7) is 3.90. The van der Waals surface area contributed by atoms with E-state index in [9.17, 15) is 24.0 Å². The second-order valence-corrected chi connectivity index (χ2v) is 7.67. The molecule has 12 nitrogen and oxygen atoms in total. The van der Waals surface area contributed by atoms with Crippen molar-refractivity contribution in [2.24, 2.45) is 0 Å². The van der Waals surface area contributed by atoms with Crippen molar-refractivity contribution in [1.29, 1.82) is 0 Å². The lowest BCUT2D eigenvalue weighted by molar-refractivity contribution is -0.271. The van der Waals surface area contributed by atoms with E-state index in [1.54, 1.807) is 0 Å². The minimum atomic E-state index is -1.46. The van der Waals surface area contributed by atoms with E-state index in [0.29, 0.717) is 0 Å². The number of nitrogens with one attached hydrogen (secondary N) is 1. The molecule has 0 radical (unpaired) electrons. The molecule has 0 bridgehead atoms. The molecule has 0 aromatic heterocycles. The predicted octanol–water partition coefficient (Wildman–Crippen LogP) is 0.403. The standard InChI is InChI=1S/C23H29NO11/c1-13(25)31-11-18-21(32-14(2)26)22(33-15(3)27)20(23(35-18)34-16(4)28)24-19(29)12-30-10-17-8-6-5-7-9-17/h5-9,18,20-23H,10-12H2,1-4H3,(H,24,29)/t18-,20+,21-,22-,23?/m1/s1. The Morgan fingerprint density at radius 2 is 1.43 bits per heavy atom. The Kier molecular flexibility index (Phi) is 10.6. The average Bonchev–Trinajstić information content (AvgIpc) is 2.76. The Balaban J connectivity index is 2.24. The van der Waals surface area contributed by atoms with E-state index in [2.05, 4.69) is 5.32 Å².